The number of pyridine rings is 1. The van der Waals surface area contributed by atoms with Crippen LogP contribution in [0.3, 0.4) is 0 Å². The number of imidazole rings is 1. The molecule has 7 aromatic carbocycles. The van der Waals surface area contributed by atoms with Gasteiger partial charge in [0.2, 0.25) is 0 Å². The Labute approximate surface area is 305 Å². The molecule has 0 saturated carbocycles. The van der Waals surface area contributed by atoms with Crippen molar-refractivity contribution in [3.05, 3.63) is 182 Å². The molecular formula is C48H31N3O2. The maximum Gasteiger partial charge on any atom is 0.153 e. The quantitative estimate of drug-likeness (QED) is 0.190. The molecule has 0 fully saturated rings. The van der Waals surface area contributed by atoms with Gasteiger partial charge in [-0.15, -0.1) is 0 Å². The van der Waals surface area contributed by atoms with E-state index in [1.807, 2.05) is 66.9 Å². The molecule has 3 aromatic heterocycles. The summed E-state index contributed by atoms with van der Waals surface area (Å²) in [5.41, 5.74) is 12.8. The summed E-state index contributed by atoms with van der Waals surface area (Å²) in [5.74, 6) is 0.695. The van der Waals surface area contributed by atoms with Gasteiger partial charge < -0.3 is 9.52 Å². The zero-order chi connectivity index (χ0) is 35.3. The number of phenolic OH excluding ortho intramolecular Hbond substituents is 1. The fraction of sp³-hybridized carbons (Fsp3) is 0. The van der Waals surface area contributed by atoms with E-state index in [0.29, 0.717) is 17.0 Å². The van der Waals surface area contributed by atoms with Gasteiger partial charge in [0.15, 0.2) is 5.82 Å². The van der Waals surface area contributed by atoms with Crippen LogP contribution in [0.25, 0.3) is 94.7 Å². The lowest BCUT2D eigenvalue weighted by Gasteiger charge is -2.13. The van der Waals surface area contributed by atoms with Crippen LogP contribution in [0.1, 0.15) is 0 Å². The van der Waals surface area contributed by atoms with Crippen molar-refractivity contribution in [2.24, 2.45) is 0 Å². The van der Waals surface area contributed by atoms with Crippen molar-refractivity contribution in [2.45, 2.75) is 0 Å². The normalized spacial score (nSPS) is 11.5. The molecule has 3 heterocycles. The van der Waals surface area contributed by atoms with E-state index in [-0.39, 0.29) is 5.75 Å². The molecule has 10 rings (SSSR count). The van der Waals surface area contributed by atoms with Crippen LogP contribution in [0, 0.1) is 0 Å². The Morgan fingerprint density at radius 2 is 1.19 bits per heavy atom. The molecule has 5 nitrogen and oxygen atoms in total. The van der Waals surface area contributed by atoms with Crippen molar-refractivity contribution in [1.29, 1.82) is 0 Å². The van der Waals surface area contributed by atoms with Gasteiger partial charge in [-0.2, -0.15) is 0 Å². The second-order valence-corrected chi connectivity index (χ2v) is 13.2. The third-order valence-corrected chi connectivity index (χ3v) is 9.96. The minimum absolute atomic E-state index is 0.100. The Bertz CT molecular complexity index is 2950. The molecule has 0 aliphatic rings. The Balaban J connectivity index is 1.24. The molecule has 0 spiro atoms. The van der Waals surface area contributed by atoms with Crippen molar-refractivity contribution >= 4 is 33.0 Å². The number of nitrogens with zero attached hydrogens (tertiary/aromatic N) is 3. The lowest BCUT2D eigenvalue weighted by molar-refractivity contribution is 0.476. The minimum Gasteiger partial charge on any atom is -0.507 e. The van der Waals surface area contributed by atoms with Crippen LogP contribution in [0.4, 0.5) is 0 Å². The predicted octanol–water partition coefficient (Wildman–Crippen LogP) is 12.4. The highest BCUT2D eigenvalue weighted by atomic mass is 16.3. The Morgan fingerprint density at radius 1 is 0.509 bits per heavy atom. The Morgan fingerprint density at radius 3 is 1.98 bits per heavy atom. The van der Waals surface area contributed by atoms with E-state index in [4.69, 9.17) is 14.4 Å². The number of aromatic nitrogens is 3. The van der Waals surface area contributed by atoms with E-state index in [0.717, 1.165) is 77.7 Å². The highest BCUT2D eigenvalue weighted by Crippen LogP contribution is 2.44. The summed E-state index contributed by atoms with van der Waals surface area (Å²) in [5, 5.41) is 13.5. The first-order valence-electron chi connectivity index (χ1n) is 17.6. The fourth-order valence-corrected chi connectivity index (χ4v) is 7.46. The largest absolute Gasteiger partial charge is 0.507 e. The van der Waals surface area contributed by atoms with Gasteiger partial charge in [-0.05, 0) is 94.5 Å². The van der Waals surface area contributed by atoms with Crippen molar-refractivity contribution in [1.82, 2.24) is 14.5 Å². The molecule has 0 aliphatic carbocycles. The lowest BCUT2D eigenvalue weighted by atomic mass is 9.93. The molecule has 0 unspecified atom stereocenters. The van der Waals surface area contributed by atoms with E-state index < -0.39 is 0 Å². The zero-order valence-corrected chi connectivity index (χ0v) is 28.5. The average molecular weight is 682 g/mol. The molecule has 10 aromatic rings. The number of aromatic hydroxyl groups is 1. The number of benzene rings is 7. The van der Waals surface area contributed by atoms with Gasteiger partial charge in [0.25, 0.3) is 0 Å². The van der Waals surface area contributed by atoms with Crippen LogP contribution in [0.5, 0.6) is 5.75 Å². The first-order chi connectivity index (χ1) is 26.2. The zero-order valence-electron chi connectivity index (χ0n) is 28.5. The van der Waals surface area contributed by atoms with Crippen LogP contribution >= 0.6 is 0 Å². The minimum atomic E-state index is 0.100. The number of para-hydroxylation sites is 3. The maximum atomic E-state index is 11.6. The van der Waals surface area contributed by atoms with E-state index in [1.165, 1.54) is 0 Å². The number of hydrogen-bond donors (Lipinski definition) is 1. The molecule has 0 aliphatic heterocycles. The van der Waals surface area contributed by atoms with Crippen molar-refractivity contribution in [3.8, 4) is 67.5 Å². The van der Waals surface area contributed by atoms with E-state index >= 15 is 0 Å². The average Bonchev–Trinajstić information content (AvgIpc) is 3.80. The summed E-state index contributed by atoms with van der Waals surface area (Å²) in [6.45, 7) is 0. The second-order valence-electron chi connectivity index (χ2n) is 13.2. The van der Waals surface area contributed by atoms with Gasteiger partial charge in [-0.25, -0.2) is 4.98 Å². The van der Waals surface area contributed by atoms with E-state index in [1.54, 1.807) is 6.07 Å². The monoisotopic (exact) mass is 681 g/mol. The van der Waals surface area contributed by atoms with Gasteiger partial charge >= 0.3 is 0 Å². The molecule has 0 radical (unpaired) electrons. The van der Waals surface area contributed by atoms with Gasteiger partial charge in [0, 0.05) is 33.8 Å². The van der Waals surface area contributed by atoms with Crippen LogP contribution in [0.2, 0.25) is 0 Å². The highest BCUT2D eigenvalue weighted by molar-refractivity contribution is 6.11. The summed E-state index contributed by atoms with van der Waals surface area (Å²) in [4.78, 5) is 10.3. The molecule has 1 N–H and O–H groups in total. The number of phenols is 1. The van der Waals surface area contributed by atoms with Gasteiger partial charge in [-0.1, -0.05) is 109 Å². The van der Waals surface area contributed by atoms with Crippen molar-refractivity contribution < 1.29 is 9.52 Å². The van der Waals surface area contributed by atoms with Gasteiger partial charge in [-0.3, -0.25) is 9.55 Å². The molecule has 53 heavy (non-hydrogen) atoms. The summed E-state index contributed by atoms with van der Waals surface area (Å²) in [6.07, 6.45) is 1.88. The Hall–Kier alpha value is -7.24. The summed E-state index contributed by atoms with van der Waals surface area (Å²) in [6, 6.07) is 59.7. The van der Waals surface area contributed by atoms with E-state index in [2.05, 4.69) is 114 Å². The van der Waals surface area contributed by atoms with Crippen LogP contribution in [-0.4, -0.2) is 19.6 Å². The Kier molecular flexibility index (Phi) is 7.22. The molecule has 0 bridgehead atoms. The van der Waals surface area contributed by atoms with E-state index in [9.17, 15) is 5.11 Å². The predicted molar refractivity (Wildman–Crippen MR) is 215 cm³/mol. The van der Waals surface area contributed by atoms with Crippen LogP contribution in [-0.2, 0) is 0 Å². The molecule has 5 heteroatoms. The first-order valence-corrected chi connectivity index (χ1v) is 17.6. The van der Waals surface area contributed by atoms with Crippen molar-refractivity contribution in [2.75, 3.05) is 0 Å². The van der Waals surface area contributed by atoms with Crippen LogP contribution in [0.15, 0.2) is 187 Å². The second kappa shape index (κ2) is 12.5. The third-order valence-electron chi connectivity index (χ3n) is 9.96. The highest BCUT2D eigenvalue weighted by Gasteiger charge is 2.24. The SMILES string of the molecule is Oc1ccc2c(oc3ccccc32)c1-c1nc2c(-c3cc(-c4ccccc4)cc(-c4cc(-c5ccccc5)ccn4)c3)cccc2n1-c1ccccc1. The van der Waals surface area contributed by atoms with Gasteiger partial charge in [0.05, 0.1) is 16.7 Å². The lowest BCUT2D eigenvalue weighted by Crippen LogP contribution is -1.98. The fourth-order valence-electron chi connectivity index (χ4n) is 7.46. The number of rotatable bonds is 6. The number of fused-ring (bicyclic) bond motifs is 4. The number of furan rings is 1. The molecule has 250 valence electrons. The molecular weight excluding hydrogens is 651 g/mol. The smallest absolute Gasteiger partial charge is 0.153 e. The first kappa shape index (κ1) is 30.6. The molecule has 0 amide bonds. The van der Waals surface area contributed by atoms with Crippen molar-refractivity contribution in [3.63, 3.8) is 0 Å². The van der Waals surface area contributed by atoms with Gasteiger partial charge in [0.1, 0.15) is 22.5 Å². The molecule has 0 saturated heterocycles. The summed E-state index contributed by atoms with van der Waals surface area (Å²) >= 11 is 0. The molecule has 0 atom stereocenters. The summed E-state index contributed by atoms with van der Waals surface area (Å²) < 4.78 is 8.59. The summed E-state index contributed by atoms with van der Waals surface area (Å²) in [7, 11) is 0. The maximum absolute atomic E-state index is 11.6. The van der Waals surface area contributed by atoms with Crippen LogP contribution < -0.4 is 0 Å². The standard InChI is InChI=1S/C48H31N3O2/c52-43-24-23-40-39-19-10-11-22-44(39)53-47(40)45(43)48-50-46-38(20-12-21-42(46)51(48)37-17-8-3-9-18-37)35-27-34(32-15-6-2-7-16-32)28-36(29-35)41-30-33(25-26-49-41)31-13-4-1-5-14-31/h1-30,52H. The number of hydrogen-bond acceptors (Lipinski definition) is 4. The third kappa shape index (κ3) is 5.26. The topological polar surface area (TPSA) is 64.1 Å².